The third kappa shape index (κ3) is 6.38. The van der Waals surface area contributed by atoms with Gasteiger partial charge in [0.25, 0.3) is 0 Å². The number of carbonyl (C=O) groups excluding carboxylic acids is 1. The third-order valence-corrected chi connectivity index (χ3v) is 11.3. The van der Waals surface area contributed by atoms with Crippen LogP contribution in [0.3, 0.4) is 0 Å². The fourth-order valence-corrected chi connectivity index (χ4v) is 9.48. The number of hydrogen-bond acceptors (Lipinski definition) is 2. The number of hydrogen-bond donors (Lipinski definition) is 0. The molecular weight excluding hydrogens is 589 g/mol. The monoisotopic (exact) mass is 626 g/mol. The van der Waals surface area contributed by atoms with E-state index < -0.39 is 0 Å². The Morgan fingerprint density at radius 3 is 2.22 bits per heavy atom. The van der Waals surface area contributed by atoms with Gasteiger partial charge in [-0.15, -0.1) is 22.4 Å². The number of allylic oxidation sites excluding steroid dienone is 2. The second-order valence-electron chi connectivity index (χ2n) is 10.3. The van der Waals surface area contributed by atoms with Gasteiger partial charge < -0.3 is 9.80 Å². The number of carbonyl (C=O) groups is 1. The van der Waals surface area contributed by atoms with Crippen molar-refractivity contribution in [3.8, 4) is 0 Å². The van der Waals surface area contributed by atoms with Gasteiger partial charge >= 0.3 is 27.7 Å². The molecule has 37 heavy (non-hydrogen) atoms. The Morgan fingerprint density at radius 1 is 0.973 bits per heavy atom. The van der Waals surface area contributed by atoms with Crippen LogP contribution in [0.2, 0.25) is 0 Å². The average molecular weight is 628 g/mol. The van der Waals surface area contributed by atoms with Crippen LogP contribution in [0.15, 0.2) is 77.9 Å². The Morgan fingerprint density at radius 2 is 1.59 bits per heavy atom. The van der Waals surface area contributed by atoms with E-state index in [1.54, 1.807) is 10.5 Å². The Labute approximate surface area is 239 Å². The van der Waals surface area contributed by atoms with Crippen LogP contribution in [0.1, 0.15) is 38.8 Å². The molecule has 2 bridgehead atoms. The van der Waals surface area contributed by atoms with Crippen molar-refractivity contribution in [3.05, 3.63) is 89.5 Å². The van der Waals surface area contributed by atoms with Gasteiger partial charge in [-0.25, -0.2) is 0 Å². The molecule has 2 aliphatic rings. The molecule has 0 aliphatic carbocycles. The molecule has 200 valence electrons. The van der Waals surface area contributed by atoms with E-state index in [-0.39, 0.29) is 13.8 Å². The zero-order valence-corrected chi connectivity index (χ0v) is 26.0. The molecule has 0 N–H and O–H groups in total. The molecule has 1 amide bonds. The van der Waals surface area contributed by atoms with Crippen LogP contribution in [0.4, 0.5) is 0 Å². The minimum absolute atomic E-state index is 0.199. The summed E-state index contributed by atoms with van der Waals surface area (Å²) in [6, 6.07) is 27.2. The van der Waals surface area contributed by atoms with Crippen LogP contribution >= 0.6 is 17.5 Å². The summed E-state index contributed by atoms with van der Waals surface area (Å²) in [5, 5.41) is 4.06. The van der Waals surface area contributed by atoms with Gasteiger partial charge in [0.05, 0.1) is 0 Å². The van der Waals surface area contributed by atoms with Crippen molar-refractivity contribution in [2.45, 2.75) is 44.6 Å². The Hall–Kier alpha value is -1.53. The van der Waals surface area contributed by atoms with E-state index in [1.165, 1.54) is 27.2 Å². The fourth-order valence-electron chi connectivity index (χ4n) is 5.56. The van der Waals surface area contributed by atoms with Gasteiger partial charge in [-0.3, -0.25) is 4.79 Å². The molecule has 0 aromatic heterocycles. The summed E-state index contributed by atoms with van der Waals surface area (Å²) in [6.07, 6.45) is 1.05. The number of halogens is 1. The van der Waals surface area contributed by atoms with Crippen molar-refractivity contribution in [2.24, 2.45) is 5.92 Å². The molecule has 2 aliphatic heterocycles. The number of nitrogens with zero attached hydrogens (tertiary/aromatic N) is 2. The zero-order chi connectivity index (χ0) is 27.3. The molecule has 5 atom stereocenters. The van der Waals surface area contributed by atoms with Crippen molar-refractivity contribution in [1.29, 1.82) is 0 Å². The van der Waals surface area contributed by atoms with Crippen LogP contribution < -0.4 is 5.30 Å². The van der Waals surface area contributed by atoms with Crippen LogP contribution in [-0.2, 0) is 23.0 Å². The van der Waals surface area contributed by atoms with Crippen molar-refractivity contribution < 1.29 is 23.0 Å². The van der Waals surface area contributed by atoms with E-state index in [0.717, 1.165) is 6.42 Å². The summed E-state index contributed by atoms with van der Waals surface area (Å²) >= 11 is 2.22. The van der Waals surface area contributed by atoms with E-state index in [2.05, 4.69) is 134 Å². The number of benzene rings is 3. The predicted octanol–water partition coefficient (Wildman–Crippen LogP) is 6.94. The molecule has 3 nitrogen and oxygen atoms in total. The van der Waals surface area contributed by atoms with Crippen LogP contribution in [0.25, 0.3) is 10.8 Å². The normalized spacial score (nSPS) is 22.8. The summed E-state index contributed by atoms with van der Waals surface area (Å²) in [5.74, 6) is 0.512. The van der Waals surface area contributed by atoms with E-state index in [4.69, 9.17) is 0 Å². The third-order valence-electron chi connectivity index (χ3n) is 7.82. The number of amides is 1. The number of fused-ring (bicyclic) bond motifs is 3. The van der Waals surface area contributed by atoms with Crippen molar-refractivity contribution in [2.75, 3.05) is 28.2 Å². The first-order valence-corrected chi connectivity index (χ1v) is 16.1. The molecular formula is C31H38ClN2OPPd. The molecule has 1 saturated heterocycles. The van der Waals surface area contributed by atoms with Crippen molar-refractivity contribution in [3.63, 3.8) is 0 Å². The van der Waals surface area contributed by atoms with Crippen molar-refractivity contribution in [1.82, 2.24) is 9.80 Å². The fraction of sp³-hybridized carbons (Fsp3) is 0.387. The second kappa shape index (κ2) is 13.5. The standard InChI is InChI=1S/C17H22NOP.C14H16N.ClH.Pd/c1-11-12(2)16-14(17(19)18(3)4)10-15(11)20(16)13-8-6-5-7-9-13;1-11(15(2)3)13-10-6-8-12-7-4-5-9-14(12)13;;/h5-9,14-16H,10H2,1-4H3;4-9,11H,1-3H3;1H;/q;-1;;+2/p-1/t14-,15-,16-,20-;11-;;/m10../s1. The SMILES string of the molecule is CC1=C(C)[C@@H]2[C@H](C(=O)N(C)C)C[C@H]1[P@@]2c1ccccc1.C[C@@H](c1[c-]ccc2ccccc12)N(C)C.[Cl][Pd+]. The summed E-state index contributed by atoms with van der Waals surface area (Å²) in [4.78, 5) is 16.5. The molecule has 0 spiro atoms. The summed E-state index contributed by atoms with van der Waals surface area (Å²) in [5.41, 5.74) is 5.39. The van der Waals surface area contributed by atoms with Gasteiger partial charge in [-0.05, 0) is 46.6 Å². The van der Waals surface area contributed by atoms with Crippen molar-refractivity contribution >= 4 is 39.4 Å². The van der Waals surface area contributed by atoms with E-state index >= 15 is 0 Å². The van der Waals surface area contributed by atoms with E-state index in [1.807, 2.05) is 20.2 Å². The molecule has 0 unspecified atom stereocenters. The molecule has 0 saturated carbocycles. The molecule has 3 aromatic carbocycles. The van der Waals surface area contributed by atoms with Gasteiger partial charge in [0.1, 0.15) is 0 Å². The second-order valence-corrected chi connectivity index (χ2v) is 12.8. The first-order chi connectivity index (χ1) is 17.7. The van der Waals surface area contributed by atoms with Crippen LogP contribution in [0, 0.1) is 12.0 Å². The Bertz CT molecular complexity index is 1220. The predicted molar refractivity (Wildman–Crippen MR) is 156 cm³/mol. The summed E-state index contributed by atoms with van der Waals surface area (Å²) < 4.78 is 0. The van der Waals surface area contributed by atoms with Gasteiger partial charge in [0.15, 0.2) is 0 Å². The molecule has 1 fully saturated rings. The molecule has 6 heteroatoms. The van der Waals surface area contributed by atoms with Gasteiger partial charge in [0, 0.05) is 37.4 Å². The van der Waals surface area contributed by atoms with E-state index in [9.17, 15) is 4.79 Å². The first kappa shape index (κ1) is 30.0. The molecule has 3 aromatic rings. The maximum atomic E-state index is 12.5. The van der Waals surface area contributed by atoms with Gasteiger partial charge in [0.2, 0.25) is 5.91 Å². The van der Waals surface area contributed by atoms with Gasteiger partial charge in [-0.2, -0.15) is 18.2 Å². The van der Waals surface area contributed by atoms with E-state index in [0.29, 0.717) is 23.3 Å². The maximum absolute atomic E-state index is 12.5. The van der Waals surface area contributed by atoms with Crippen LogP contribution in [0.5, 0.6) is 0 Å². The average Bonchev–Trinajstić information content (AvgIpc) is 3.43. The summed E-state index contributed by atoms with van der Waals surface area (Å²) in [7, 11) is 12.2. The summed E-state index contributed by atoms with van der Waals surface area (Å²) in [6.45, 7) is 6.72. The topological polar surface area (TPSA) is 23.6 Å². The molecule has 5 rings (SSSR count). The zero-order valence-electron chi connectivity index (χ0n) is 22.8. The Balaban J connectivity index is 0.000000200. The number of rotatable bonds is 4. The Kier molecular flexibility index (Phi) is 11.0. The van der Waals surface area contributed by atoms with Gasteiger partial charge in [-0.1, -0.05) is 67.6 Å². The quantitative estimate of drug-likeness (QED) is 0.136. The van der Waals surface area contributed by atoms with Crippen LogP contribution in [-0.4, -0.2) is 55.2 Å². The molecule has 0 radical (unpaired) electrons. The minimum atomic E-state index is -0.248. The first-order valence-electron chi connectivity index (χ1n) is 12.6. The molecule has 2 heterocycles.